The fourth-order valence-electron chi connectivity index (χ4n) is 2.07. The summed E-state index contributed by atoms with van der Waals surface area (Å²) >= 11 is 0. The molecule has 0 aromatic rings. The van der Waals surface area contributed by atoms with Gasteiger partial charge in [0.25, 0.3) is 0 Å². The predicted octanol–water partition coefficient (Wildman–Crippen LogP) is -1.14. The van der Waals surface area contributed by atoms with E-state index in [9.17, 15) is 9.59 Å². The number of carbonyl (C=O) groups excluding carboxylic acids is 2. The van der Waals surface area contributed by atoms with Gasteiger partial charge in [0, 0.05) is 11.5 Å². The van der Waals surface area contributed by atoms with Gasteiger partial charge in [-0.25, -0.2) is 0 Å². The molecule has 5 heteroatoms. The van der Waals surface area contributed by atoms with E-state index in [-0.39, 0.29) is 17.4 Å². The fraction of sp³-hybridized carbons (Fsp3) is 0.778. The van der Waals surface area contributed by atoms with Crippen LogP contribution < -0.4 is 16.8 Å². The Kier molecular flexibility index (Phi) is 1.99. The molecule has 5 nitrogen and oxygen atoms in total. The van der Waals surface area contributed by atoms with E-state index >= 15 is 0 Å². The van der Waals surface area contributed by atoms with Crippen LogP contribution in [0.4, 0.5) is 0 Å². The van der Waals surface area contributed by atoms with Gasteiger partial charge in [0.15, 0.2) is 0 Å². The summed E-state index contributed by atoms with van der Waals surface area (Å²) in [5, 5.41) is 2.95. The average molecular weight is 197 g/mol. The van der Waals surface area contributed by atoms with E-state index in [1.165, 1.54) is 0 Å². The summed E-state index contributed by atoms with van der Waals surface area (Å²) in [4.78, 5) is 22.2. The minimum absolute atomic E-state index is 0.0270. The van der Waals surface area contributed by atoms with E-state index in [2.05, 4.69) is 5.32 Å². The van der Waals surface area contributed by atoms with Gasteiger partial charge in [-0.05, 0) is 25.7 Å². The van der Waals surface area contributed by atoms with Gasteiger partial charge in [-0.2, -0.15) is 0 Å². The van der Waals surface area contributed by atoms with Gasteiger partial charge in [0.2, 0.25) is 11.8 Å². The number of hydrogen-bond acceptors (Lipinski definition) is 3. The van der Waals surface area contributed by atoms with Crippen LogP contribution in [0.1, 0.15) is 25.7 Å². The van der Waals surface area contributed by atoms with Crippen LogP contribution in [0.15, 0.2) is 0 Å². The second kappa shape index (κ2) is 2.95. The van der Waals surface area contributed by atoms with Gasteiger partial charge < -0.3 is 16.8 Å². The molecule has 1 unspecified atom stereocenters. The van der Waals surface area contributed by atoms with Crippen molar-refractivity contribution in [2.75, 3.05) is 0 Å². The van der Waals surface area contributed by atoms with Gasteiger partial charge in [0.1, 0.15) is 0 Å². The molecule has 78 valence electrons. The zero-order valence-corrected chi connectivity index (χ0v) is 7.95. The normalized spacial score (nSPS) is 30.1. The monoisotopic (exact) mass is 197 g/mol. The summed E-state index contributed by atoms with van der Waals surface area (Å²) in [6, 6.07) is -0.695. The molecule has 14 heavy (non-hydrogen) atoms. The lowest BCUT2D eigenvalue weighted by Crippen LogP contribution is -2.39. The topological polar surface area (TPSA) is 98.2 Å². The largest absolute Gasteiger partial charge is 0.368 e. The third-order valence-electron chi connectivity index (χ3n) is 3.15. The number of amides is 2. The Balaban J connectivity index is 1.92. The number of hydrogen-bond donors (Lipinski definition) is 3. The molecule has 2 atom stereocenters. The summed E-state index contributed by atoms with van der Waals surface area (Å²) in [5.74, 6) is -0.631. The number of nitrogens with one attached hydrogen (secondary N) is 1. The van der Waals surface area contributed by atoms with Crippen LogP contribution in [-0.2, 0) is 9.59 Å². The highest BCUT2D eigenvalue weighted by Gasteiger charge is 2.52. The van der Waals surface area contributed by atoms with Crippen molar-refractivity contribution < 1.29 is 9.59 Å². The van der Waals surface area contributed by atoms with Gasteiger partial charge in [-0.15, -0.1) is 0 Å². The number of carbonyl (C=O) groups is 2. The van der Waals surface area contributed by atoms with Gasteiger partial charge in [0.05, 0.1) is 6.04 Å². The first-order valence-corrected chi connectivity index (χ1v) is 4.89. The lowest BCUT2D eigenvalue weighted by Gasteiger charge is -2.10. The molecule has 1 aliphatic heterocycles. The minimum Gasteiger partial charge on any atom is -0.368 e. The molecule has 0 radical (unpaired) electrons. The molecule has 2 aliphatic rings. The van der Waals surface area contributed by atoms with Crippen molar-refractivity contribution in [3.63, 3.8) is 0 Å². The van der Waals surface area contributed by atoms with Crippen LogP contribution in [0.25, 0.3) is 0 Å². The molecule has 0 bridgehead atoms. The van der Waals surface area contributed by atoms with E-state index in [0.29, 0.717) is 6.42 Å². The first-order valence-electron chi connectivity index (χ1n) is 4.89. The highest BCUT2D eigenvalue weighted by Crippen LogP contribution is 2.46. The maximum atomic E-state index is 11.5. The van der Waals surface area contributed by atoms with E-state index in [4.69, 9.17) is 11.5 Å². The summed E-state index contributed by atoms with van der Waals surface area (Å²) in [6.45, 7) is 0. The summed E-state index contributed by atoms with van der Waals surface area (Å²) in [7, 11) is 0. The Hall–Kier alpha value is -1.10. The van der Waals surface area contributed by atoms with Crippen LogP contribution >= 0.6 is 0 Å². The minimum atomic E-state index is -0.695. The summed E-state index contributed by atoms with van der Waals surface area (Å²) < 4.78 is 0. The molecule has 2 amide bonds. The lowest BCUT2D eigenvalue weighted by molar-refractivity contribution is -0.123. The average Bonchev–Trinajstić information content (AvgIpc) is 2.75. The van der Waals surface area contributed by atoms with E-state index in [1.54, 1.807) is 0 Å². The first-order chi connectivity index (χ1) is 6.52. The second-order valence-electron chi connectivity index (χ2n) is 4.42. The van der Waals surface area contributed by atoms with Gasteiger partial charge in [-0.3, -0.25) is 9.59 Å². The van der Waals surface area contributed by atoms with Crippen molar-refractivity contribution in [1.82, 2.24) is 5.32 Å². The number of rotatable bonds is 3. The van der Waals surface area contributed by atoms with E-state index in [0.717, 1.165) is 19.3 Å². The fourth-order valence-corrected chi connectivity index (χ4v) is 2.07. The van der Waals surface area contributed by atoms with Crippen molar-refractivity contribution in [3.8, 4) is 0 Å². The molecule has 1 spiro atoms. The number of nitrogens with two attached hydrogens (primary N) is 2. The van der Waals surface area contributed by atoms with Crippen LogP contribution in [0.3, 0.4) is 0 Å². The molecule has 5 N–H and O–H groups in total. The van der Waals surface area contributed by atoms with Crippen LogP contribution in [-0.4, -0.2) is 23.4 Å². The maximum Gasteiger partial charge on any atom is 0.234 e. The zero-order valence-electron chi connectivity index (χ0n) is 7.95. The van der Waals surface area contributed by atoms with Crippen LogP contribution in [0.5, 0.6) is 0 Å². The Morgan fingerprint density at radius 1 is 1.64 bits per heavy atom. The standard InChI is InChI=1S/C9H15N3O2/c10-6(7(11)13)3-5-4-9(1-2-9)12-8(5)14/h5-6H,1-4,10H2,(H2,11,13)(H,12,14)/t5?,6-/m0/s1. The Bertz CT molecular complexity index is 286. The van der Waals surface area contributed by atoms with Crippen molar-refractivity contribution in [3.05, 3.63) is 0 Å². The van der Waals surface area contributed by atoms with Crippen molar-refractivity contribution in [1.29, 1.82) is 0 Å². The lowest BCUT2D eigenvalue weighted by atomic mass is 9.96. The number of primary amides is 1. The first kappa shape index (κ1) is 9.45. The third-order valence-corrected chi connectivity index (χ3v) is 3.15. The molecule has 1 aliphatic carbocycles. The molecule has 0 aromatic carbocycles. The maximum absolute atomic E-state index is 11.5. The van der Waals surface area contributed by atoms with Gasteiger partial charge in [-0.1, -0.05) is 0 Å². The van der Waals surface area contributed by atoms with Crippen molar-refractivity contribution >= 4 is 11.8 Å². The quantitative estimate of drug-likeness (QED) is 0.533. The molecule has 1 heterocycles. The van der Waals surface area contributed by atoms with E-state index in [1.807, 2.05) is 0 Å². The second-order valence-corrected chi connectivity index (χ2v) is 4.42. The summed E-state index contributed by atoms with van der Waals surface area (Å²) in [5.41, 5.74) is 10.6. The SMILES string of the molecule is NC(=O)[C@@H](N)CC1CC2(CC2)NC1=O. The molecule has 2 rings (SSSR count). The van der Waals surface area contributed by atoms with Gasteiger partial charge >= 0.3 is 0 Å². The smallest absolute Gasteiger partial charge is 0.234 e. The Morgan fingerprint density at radius 3 is 2.71 bits per heavy atom. The third kappa shape index (κ3) is 1.59. The molecular weight excluding hydrogens is 182 g/mol. The zero-order chi connectivity index (χ0) is 10.3. The van der Waals surface area contributed by atoms with Crippen LogP contribution in [0.2, 0.25) is 0 Å². The van der Waals surface area contributed by atoms with Crippen molar-refractivity contribution in [2.24, 2.45) is 17.4 Å². The molecule has 2 fully saturated rings. The molecular formula is C9H15N3O2. The highest BCUT2D eigenvalue weighted by molar-refractivity contribution is 5.85. The van der Waals surface area contributed by atoms with Crippen molar-refractivity contribution in [2.45, 2.75) is 37.3 Å². The predicted molar refractivity (Wildman–Crippen MR) is 50.0 cm³/mol. The Labute approximate surface area is 82.2 Å². The molecule has 0 aromatic heterocycles. The molecule has 1 saturated heterocycles. The highest BCUT2D eigenvalue weighted by atomic mass is 16.2. The summed E-state index contributed by atoms with van der Waals surface area (Å²) in [6.07, 6.45) is 3.30. The molecule has 1 saturated carbocycles. The van der Waals surface area contributed by atoms with Crippen LogP contribution in [0, 0.1) is 5.92 Å². The Morgan fingerprint density at radius 2 is 2.29 bits per heavy atom. The van der Waals surface area contributed by atoms with E-state index < -0.39 is 11.9 Å².